The van der Waals surface area contributed by atoms with Crippen molar-refractivity contribution in [3.63, 3.8) is 0 Å². The lowest BCUT2D eigenvalue weighted by Crippen LogP contribution is -2.23. The topological polar surface area (TPSA) is 71.2 Å². The SMILES string of the molecule is O=C(CCOCC(F)(F)F)Nc1cc(C(F)(F)F)c[nH]c1=O. The van der Waals surface area contributed by atoms with Crippen LogP contribution in [0.5, 0.6) is 0 Å². The molecule has 0 aromatic carbocycles. The number of carbonyl (C=O) groups is 1. The van der Waals surface area contributed by atoms with Crippen molar-refractivity contribution in [3.05, 3.63) is 28.2 Å². The van der Waals surface area contributed by atoms with E-state index in [0.717, 1.165) is 0 Å². The summed E-state index contributed by atoms with van der Waals surface area (Å²) in [6, 6.07) is 0.424. The summed E-state index contributed by atoms with van der Waals surface area (Å²) in [7, 11) is 0. The molecule has 0 unspecified atom stereocenters. The maximum Gasteiger partial charge on any atom is 0.417 e. The number of nitrogens with one attached hydrogen (secondary N) is 2. The highest BCUT2D eigenvalue weighted by Crippen LogP contribution is 2.29. The maximum absolute atomic E-state index is 12.4. The summed E-state index contributed by atoms with van der Waals surface area (Å²) in [4.78, 5) is 24.4. The van der Waals surface area contributed by atoms with E-state index in [0.29, 0.717) is 12.3 Å². The van der Waals surface area contributed by atoms with Crippen LogP contribution < -0.4 is 10.9 Å². The standard InChI is InChI=1S/C11H10F6N2O3/c12-10(13,14)5-22-2-1-8(20)19-7-3-6(11(15,16)17)4-18-9(7)21/h3-4H,1-2,5H2,(H,18,21)(H,19,20). The van der Waals surface area contributed by atoms with Gasteiger partial charge in [-0.1, -0.05) is 0 Å². The van der Waals surface area contributed by atoms with Crippen LogP contribution >= 0.6 is 0 Å². The molecule has 5 nitrogen and oxygen atoms in total. The molecule has 0 aliphatic heterocycles. The molecule has 0 fully saturated rings. The van der Waals surface area contributed by atoms with Crippen molar-refractivity contribution in [1.29, 1.82) is 0 Å². The van der Waals surface area contributed by atoms with Crippen molar-refractivity contribution >= 4 is 11.6 Å². The van der Waals surface area contributed by atoms with Gasteiger partial charge in [-0.3, -0.25) is 9.59 Å². The number of ether oxygens (including phenoxy) is 1. The molecule has 22 heavy (non-hydrogen) atoms. The van der Waals surface area contributed by atoms with E-state index in [1.807, 2.05) is 5.32 Å². The van der Waals surface area contributed by atoms with Gasteiger partial charge in [-0.2, -0.15) is 26.3 Å². The zero-order chi connectivity index (χ0) is 17.0. The fourth-order valence-electron chi connectivity index (χ4n) is 1.31. The molecule has 0 radical (unpaired) electrons. The van der Waals surface area contributed by atoms with E-state index in [4.69, 9.17) is 0 Å². The quantitative estimate of drug-likeness (QED) is 0.642. The van der Waals surface area contributed by atoms with Gasteiger partial charge in [-0.25, -0.2) is 0 Å². The smallest absolute Gasteiger partial charge is 0.372 e. The summed E-state index contributed by atoms with van der Waals surface area (Å²) >= 11 is 0. The second-order valence-corrected chi connectivity index (χ2v) is 4.09. The number of H-pyrrole nitrogens is 1. The van der Waals surface area contributed by atoms with Crippen LogP contribution in [-0.4, -0.2) is 30.3 Å². The monoisotopic (exact) mass is 332 g/mol. The Morgan fingerprint density at radius 2 is 1.86 bits per heavy atom. The Hall–Kier alpha value is -2.04. The van der Waals surface area contributed by atoms with Gasteiger partial charge in [0.1, 0.15) is 12.3 Å². The first-order valence-electron chi connectivity index (χ1n) is 5.73. The van der Waals surface area contributed by atoms with E-state index in [1.54, 1.807) is 4.98 Å². The number of carbonyl (C=O) groups excluding carboxylic acids is 1. The van der Waals surface area contributed by atoms with Crippen molar-refractivity contribution in [2.75, 3.05) is 18.5 Å². The van der Waals surface area contributed by atoms with Crippen LogP contribution in [0.2, 0.25) is 0 Å². The Labute approximate surface area is 119 Å². The zero-order valence-corrected chi connectivity index (χ0v) is 10.8. The van der Waals surface area contributed by atoms with Gasteiger partial charge in [-0.05, 0) is 6.07 Å². The summed E-state index contributed by atoms with van der Waals surface area (Å²) in [5.41, 5.74) is -2.82. The molecule has 0 aliphatic carbocycles. The van der Waals surface area contributed by atoms with E-state index < -0.39 is 54.7 Å². The van der Waals surface area contributed by atoms with E-state index >= 15 is 0 Å². The molecule has 0 spiro atoms. The molecule has 1 aromatic heterocycles. The average Bonchev–Trinajstić information content (AvgIpc) is 2.35. The van der Waals surface area contributed by atoms with Gasteiger partial charge in [0.2, 0.25) is 5.91 Å². The lowest BCUT2D eigenvalue weighted by atomic mass is 10.2. The van der Waals surface area contributed by atoms with Crippen molar-refractivity contribution in [2.24, 2.45) is 0 Å². The number of rotatable bonds is 5. The Balaban J connectivity index is 2.59. The first kappa shape index (κ1) is 18.0. The molecule has 1 amide bonds. The molecule has 0 aliphatic rings. The highest BCUT2D eigenvalue weighted by molar-refractivity contribution is 5.90. The van der Waals surface area contributed by atoms with E-state index in [2.05, 4.69) is 4.74 Å². The van der Waals surface area contributed by atoms with Crippen LogP contribution in [-0.2, 0) is 15.7 Å². The minimum absolute atomic E-state index is 0.424. The van der Waals surface area contributed by atoms with Crippen LogP contribution in [0.15, 0.2) is 17.1 Å². The molecule has 0 bridgehead atoms. The number of alkyl halides is 6. The fourth-order valence-corrected chi connectivity index (χ4v) is 1.31. The molecule has 124 valence electrons. The minimum atomic E-state index is -4.72. The highest BCUT2D eigenvalue weighted by Gasteiger charge is 2.31. The van der Waals surface area contributed by atoms with Crippen molar-refractivity contribution in [3.8, 4) is 0 Å². The van der Waals surface area contributed by atoms with Crippen LogP contribution in [0.4, 0.5) is 32.0 Å². The number of hydrogen-bond acceptors (Lipinski definition) is 3. The molecule has 1 rings (SSSR count). The Bertz CT molecular complexity index is 578. The highest BCUT2D eigenvalue weighted by atomic mass is 19.4. The molecule has 2 N–H and O–H groups in total. The summed E-state index contributed by atoms with van der Waals surface area (Å²) in [6.45, 7) is -2.15. The second-order valence-electron chi connectivity index (χ2n) is 4.09. The van der Waals surface area contributed by atoms with Gasteiger partial charge in [0.05, 0.1) is 18.6 Å². The Kier molecular flexibility index (Phi) is 5.58. The van der Waals surface area contributed by atoms with Crippen LogP contribution in [0.1, 0.15) is 12.0 Å². The van der Waals surface area contributed by atoms with E-state index in [9.17, 15) is 35.9 Å². The van der Waals surface area contributed by atoms with Gasteiger partial charge < -0.3 is 15.0 Å². The predicted octanol–water partition coefficient (Wildman–Crippen LogP) is 2.30. The first-order chi connectivity index (χ1) is 9.99. The third-order valence-electron chi connectivity index (χ3n) is 2.24. The molecule has 11 heteroatoms. The third-order valence-corrected chi connectivity index (χ3v) is 2.24. The molecule has 1 heterocycles. The Morgan fingerprint density at radius 1 is 1.23 bits per heavy atom. The van der Waals surface area contributed by atoms with Crippen LogP contribution in [0.25, 0.3) is 0 Å². The number of amides is 1. The fraction of sp³-hybridized carbons (Fsp3) is 0.455. The first-order valence-corrected chi connectivity index (χ1v) is 5.73. The maximum atomic E-state index is 12.4. The third kappa shape index (κ3) is 6.16. The van der Waals surface area contributed by atoms with E-state index in [1.165, 1.54) is 0 Å². The summed E-state index contributed by atoms with van der Waals surface area (Å²) in [5, 5.41) is 1.88. The van der Waals surface area contributed by atoms with Gasteiger partial charge in [0, 0.05) is 6.20 Å². The van der Waals surface area contributed by atoms with Gasteiger partial charge >= 0.3 is 12.4 Å². The molecule has 1 aromatic rings. The lowest BCUT2D eigenvalue weighted by Gasteiger charge is -2.10. The predicted molar refractivity (Wildman–Crippen MR) is 62.2 cm³/mol. The van der Waals surface area contributed by atoms with Gasteiger partial charge in [0.25, 0.3) is 5.56 Å². The lowest BCUT2D eigenvalue weighted by molar-refractivity contribution is -0.174. The number of aromatic nitrogens is 1. The number of pyridine rings is 1. The van der Waals surface area contributed by atoms with Gasteiger partial charge in [-0.15, -0.1) is 0 Å². The number of anilines is 1. The summed E-state index contributed by atoms with van der Waals surface area (Å²) in [5.74, 6) is -0.952. The van der Waals surface area contributed by atoms with Crippen molar-refractivity contribution in [2.45, 2.75) is 18.8 Å². The van der Waals surface area contributed by atoms with Crippen LogP contribution in [0.3, 0.4) is 0 Å². The van der Waals surface area contributed by atoms with Gasteiger partial charge in [0.15, 0.2) is 0 Å². The normalized spacial score (nSPS) is 12.3. The van der Waals surface area contributed by atoms with E-state index in [-0.39, 0.29) is 0 Å². The minimum Gasteiger partial charge on any atom is -0.372 e. The zero-order valence-electron chi connectivity index (χ0n) is 10.8. The molecular formula is C11H10F6N2O3. The molecule has 0 saturated carbocycles. The van der Waals surface area contributed by atoms with Crippen molar-refractivity contribution < 1.29 is 35.9 Å². The Morgan fingerprint density at radius 3 is 2.41 bits per heavy atom. The van der Waals surface area contributed by atoms with Crippen molar-refractivity contribution in [1.82, 2.24) is 4.98 Å². The summed E-state index contributed by atoms with van der Waals surface area (Å²) < 4.78 is 76.7. The largest absolute Gasteiger partial charge is 0.417 e. The number of halogens is 6. The summed E-state index contributed by atoms with van der Waals surface area (Å²) in [6.07, 6.45) is -9.38. The molecular weight excluding hydrogens is 322 g/mol. The molecule has 0 atom stereocenters. The van der Waals surface area contributed by atoms with Crippen LogP contribution in [0, 0.1) is 0 Å². The second kappa shape index (κ2) is 6.81. The average molecular weight is 332 g/mol. The number of aromatic amines is 1. The number of hydrogen-bond donors (Lipinski definition) is 2. The molecule has 0 saturated heterocycles.